The Kier molecular flexibility index (Phi) is 2.76. The van der Waals surface area contributed by atoms with Crippen LogP contribution in [-0.4, -0.2) is 4.98 Å². The number of aromatic nitrogens is 1. The molecule has 1 aromatic heterocycles. The van der Waals surface area contributed by atoms with Gasteiger partial charge in [0.05, 0.1) is 10.2 Å². The van der Waals surface area contributed by atoms with Crippen molar-refractivity contribution in [2.75, 3.05) is 5.73 Å². The second-order valence-corrected chi connectivity index (χ2v) is 5.92. The monoisotopic (exact) mass is 352 g/mol. The van der Waals surface area contributed by atoms with Crippen molar-refractivity contribution in [1.29, 1.82) is 0 Å². The van der Waals surface area contributed by atoms with Gasteiger partial charge in [-0.3, -0.25) is 0 Å². The van der Waals surface area contributed by atoms with Gasteiger partial charge in [0.15, 0.2) is 0 Å². The molecule has 3 rings (SSSR count). The maximum Gasteiger partial charge on any atom is 0.124 e. The number of nitrogens with zero attached hydrogens (tertiary/aromatic N) is 1. The minimum Gasteiger partial charge on any atom is -0.398 e. The standard InChI is InChI=1S/C13H9IN2S/c14-9-6-5-8(7-10(9)15)13-16-11-3-1-2-4-12(11)17-13/h1-7H,15H2. The maximum atomic E-state index is 5.92. The maximum absolute atomic E-state index is 5.92. The highest BCUT2D eigenvalue weighted by Gasteiger charge is 2.06. The van der Waals surface area contributed by atoms with E-state index in [1.54, 1.807) is 11.3 Å². The SMILES string of the molecule is Nc1cc(-c2nc3ccccc3s2)ccc1I. The first kappa shape index (κ1) is 11.0. The van der Waals surface area contributed by atoms with Crippen LogP contribution < -0.4 is 5.73 Å². The molecule has 0 unspecified atom stereocenters. The molecule has 0 aliphatic carbocycles. The van der Waals surface area contributed by atoms with Gasteiger partial charge >= 0.3 is 0 Å². The smallest absolute Gasteiger partial charge is 0.124 e. The van der Waals surface area contributed by atoms with E-state index in [2.05, 4.69) is 39.7 Å². The van der Waals surface area contributed by atoms with Crippen LogP contribution in [0.4, 0.5) is 5.69 Å². The quantitative estimate of drug-likeness (QED) is 0.528. The number of nitrogen functional groups attached to an aromatic ring is 1. The van der Waals surface area contributed by atoms with E-state index < -0.39 is 0 Å². The summed E-state index contributed by atoms with van der Waals surface area (Å²) in [6.45, 7) is 0. The van der Waals surface area contributed by atoms with Gasteiger partial charge in [0.2, 0.25) is 0 Å². The minimum atomic E-state index is 0.808. The van der Waals surface area contributed by atoms with Crippen molar-refractivity contribution in [1.82, 2.24) is 4.98 Å². The molecule has 0 atom stereocenters. The van der Waals surface area contributed by atoms with E-state index in [1.807, 2.05) is 30.3 Å². The summed E-state index contributed by atoms with van der Waals surface area (Å²) in [6, 6.07) is 14.2. The average molecular weight is 352 g/mol. The van der Waals surface area contributed by atoms with Gasteiger partial charge in [-0.25, -0.2) is 4.98 Å². The summed E-state index contributed by atoms with van der Waals surface area (Å²) >= 11 is 3.93. The van der Waals surface area contributed by atoms with E-state index in [0.29, 0.717) is 0 Å². The van der Waals surface area contributed by atoms with Crippen LogP contribution in [0.3, 0.4) is 0 Å². The largest absolute Gasteiger partial charge is 0.398 e. The number of benzene rings is 2. The van der Waals surface area contributed by atoms with Gasteiger partial charge in [0.25, 0.3) is 0 Å². The Morgan fingerprint density at radius 2 is 1.94 bits per heavy atom. The Morgan fingerprint density at radius 3 is 2.71 bits per heavy atom. The summed E-state index contributed by atoms with van der Waals surface area (Å²) in [6.07, 6.45) is 0. The molecule has 0 bridgehead atoms. The highest BCUT2D eigenvalue weighted by atomic mass is 127. The number of para-hydroxylation sites is 1. The molecule has 2 nitrogen and oxygen atoms in total. The molecule has 0 saturated heterocycles. The van der Waals surface area contributed by atoms with Gasteiger partial charge in [-0.2, -0.15) is 0 Å². The molecular weight excluding hydrogens is 343 g/mol. The number of rotatable bonds is 1. The number of anilines is 1. The zero-order valence-corrected chi connectivity index (χ0v) is 11.8. The minimum absolute atomic E-state index is 0.808. The molecule has 3 aromatic rings. The third kappa shape index (κ3) is 2.02. The van der Waals surface area contributed by atoms with E-state index in [-0.39, 0.29) is 0 Å². The molecule has 0 radical (unpaired) electrons. The fourth-order valence-electron chi connectivity index (χ4n) is 1.67. The van der Waals surface area contributed by atoms with Crippen LogP contribution in [0.25, 0.3) is 20.8 Å². The number of hydrogen-bond donors (Lipinski definition) is 1. The Morgan fingerprint density at radius 1 is 1.12 bits per heavy atom. The Labute approximate surface area is 117 Å². The third-order valence-corrected chi connectivity index (χ3v) is 4.60. The van der Waals surface area contributed by atoms with Crippen LogP contribution in [0.2, 0.25) is 0 Å². The van der Waals surface area contributed by atoms with Crippen LogP contribution in [0.5, 0.6) is 0 Å². The summed E-state index contributed by atoms with van der Waals surface area (Å²) in [5, 5.41) is 1.02. The van der Waals surface area contributed by atoms with Crippen LogP contribution in [0.1, 0.15) is 0 Å². The second kappa shape index (κ2) is 4.27. The van der Waals surface area contributed by atoms with Crippen LogP contribution in [0, 0.1) is 3.57 Å². The van der Waals surface area contributed by atoms with Gasteiger partial charge in [-0.15, -0.1) is 11.3 Å². The van der Waals surface area contributed by atoms with E-state index in [4.69, 9.17) is 5.73 Å². The summed E-state index contributed by atoms with van der Waals surface area (Å²) in [5.74, 6) is 0. The van der Waals surface area contributed by atoms with Crippen LogP contribution >= 0.6 is 33.9 Å². The van der Waals surface area contributed by atoms with E-state index in [9.17, 15) is 0 Å². The topological polar surface area (TPSA) is 38.9 Å². The lowest BCUT2D eigenvalue weighted by Crippen LogP contribution is -1.89. The molecule has 1 heterocycles. The highest BCUT2D eigenvalue weighted by Crippen LogP contribution is 2.31. The summed E-state index contributed by atoms with van der Waals surface area (Å²) in [4.78, 5) is 4.61. The Bertz CT molecular complexity index is 658. The van der Waals surface area contributed by atoms with Crippen molar-refractivity contribution < 1.29 is 0 Å². The fraction of sp³-hybridized carbons (Fsp3) is 0. The molecule has 4 heteroatoms. The first-order valence-corrected chi connectivity index (χ1v) is 7.04. The van der Waals surface area contributed by atoms with E-state index in [0.717, 1.165) is 25.3 Å². The molecule has 0 spiro atoms. The van der Waals surface area contributed by atoms with Crippen molar-refractivity contribution in [2.45, 2.75) is 0 Å². The van der Waals surface area contributed by atoms with Crippen molar-refractivity contribution in [2.24, 2.45) is 0 Å². The highest BCUT2D eigenvalue weighted by molar-refractivity contribution is 14.1. The summed E-state index contributed by atoms with van der Waals surface area (Å²) < 4.78 is 2.28. The predicted molar refractivity (Wildman–Crippen MR) is 82.2 cm³/mol. The lowest BCUT2D eigenvalue weighted by atomic mass is 10.2. The zero-order valence-electron chi connectivity index (χ0n) is 8.85. The molecule has 17 heavy (non-hydrogen) atoms. The number of hydrogen-bond acceptors (Lipinski definition) is 3. The Hall–Kier alpha value is -1.14. The summed E-state index contributed by atoms with van der Waals surface area (Å²) in [7, 11) is 0. The fourth-order valence-corrected chi connectivity index (χ4v) is 2.97. The summed E-state index contributed by atoms with van der Waals surface area (Å²) in [5.41, 5.74) is 8.86. The van der Waals surface area contributed by atoms with E-state index >= 15 is 0 Å². The average Bonchev–Trinajstić information content (AvgIpc) is 2.76. The van der Waals surface area contributed by atoms with Gasteiger partial charge < -0.3 is 5.73 Å². The van der Waals surface area contributed by atoms with Gasteiger partial charge in [0.1, 0.15) is 5.01 Å². The molecule has 0 saturated carbocycles. The van der Waals surface area contributed by atoms with Crippen molar-refractivity contribution in [3.63, 3.8) is 0 Å². The molecule has 2 aromatic carbocycles. The van der Waals surface area contributed by atoms with Crippen LogP contribution in [-0.2, 0) is 0 Å². The molecule has 0 aliphatic rings. The lowest BCUT2D eigenvalue weighted by Gasteiger charge is -2.00. The molecule has 84 valence electrons. The molecule has 0 amide bonds. The molecule has 0 fully saturated rings. The van der Waals surface area contributed by atoms with Gasteiger partial charge in [-0.1, -0.05) is 18.2 Å². The molecule has 0 aliphatic heterocycles. The van der Waals surface area contributed by atoms with Crippen molar-refractivity contribution in [3.05, 3.63) is 46.0 Å². The molecular formula is C13H9IN2S. The normalized spacial score (nSPS) is 10.9. The predicted octanol–water partition coefficient (Wildman–Crippen LogP) is 4.15. The number of halogens is 1. The van der Waals surface area contributed by atoms with Crippen LogP contribution in [0.15, 0.2) is 42.5 Å². The van der Waals surface area contributed by atoms with Gasteiger partial charge in [0, 0.05) is 14.8 Å². The lowest BCUT2D eigenvalue weighted by molar-refractivity contribution is 1.47. The Balaban J connectivity index is 2.17. The number of nitrogens with two attached hydrogens (primary N) is 1. The van der Waals surface area contributed by atoms with E-state index in [1.165, 1.54) is 4.70 Å². The van der Waals surface area contributed by atoms with Crippen molar-refractivity contribution >= 4 is 49.8 Å². The zero-order chi connectivity index (χ0) is 11.8. The molecule has 2 N–H and O–H groups in total. The first-order chi connectivity index (χ1) is 8.24. The van der Waals surface area contributed by atoms with Crippen molar-refractivity contribution in [3.8, 4) is 10.6 Å². The van der Waals surface area contributed by atoms with Gasteiger partial charge in [-0.05, 0) is 46.9 Å². The first-order valence-electron chi connectivity index (χ1n) is 5.15. The second-order valence-electron chi connectivity index (χ2n) is 3.72. The number of fused-ring (bicyclic) bond motifs is 1. The third-order valence-electron chi connectivity index (χ3n) is 2.54. The number of thiazole rings is 1.